The van der Waals surface area contributed by atoms with E-state index in [1.54, 1.807) is 6.07 Å². The van der Waals surface area contributed by atoms with Gasteiger partial charge in [-0.2, -0.15) is 4.98 Å². The molecule has 0 spiro atoms. The second kappa shape index (κ2) is 7.50. The van der Waals surface area contributed by atoms with Crippen molar-refractivity contribution < 1.29 is 9.21 Å². The van der Waals surface area contributed by atoms with Crippen LogP contribution in [0.15, 0.2) is 64.2 Å². The Bertz CT molecular complexity index is 1040. The SMILES string of the molecule is Nn1c(Cc2ccccc2)nnc1SCC(=O)Nc1nc2ccccc2o1. The second-order valence-corrected chi connectivity index (χ2v) is 6.70. The van der Waals surface area contributed by atoms with E-state index < -0.39 is 0 Å². The lowest BCUT2D eigenvalue weighted by atomic mass is 10.1. The maximum absolute atomic E-state index is 12.1. The zero-order valence-electron chi connectivity index (χ0n) is 14.2. The summed E-state index contributed by atoms with van der Waals surface area (Å²) in [7, 11) is 0. The fraction of sp³-hybridized carbons (Fsp3) is 0.111. The first-order valence-electron chi connectivity index (χ1n) is 8.20. The molecular weight excluding hydrogens is 364 g/mol. The predicted octanol–water partition coefficient (Wildman–Crippen LogP) is 2.45. The molecule has 4 rings (SSSR count). The molecular formula is C18H16N6O2S. The number of nitrogens with one attached hydrogen (secondary N) is 1. The summed E-state index contributed by atoms with van der Waals surface area (Å²) in [5, 5.41) is 11.3. The number of hydrogen-bond donors (Lipinski definition) is 2. The van der Waals surface area contributed by atoms with Gasteiger partial charge in [-0.1, -0.05) is 54.2 Å². The first-order chi connectivity index (χ1) is 13.2. The van der Waals surface area contributed by atoms with E-state index in [4.69, 9.17) is 10.3 Å². The number of fused-ring (bicyclic) bond motifs is 1. The quantitative estimate of drug-likeness (QED) is 0.390. The van der Waals surface area contributed by atoms with E-state index in [1.165, 1.54) is 16.4 Å². The molecule has 0 radical (unpaired) electrons. The van der Waals surface area contributed by atoms with Crippen LogP contribution in [0.2, 0.25) is 0 Å². The van der Waals surface area contributed by atoms with Gasteiger partial charge in [0.15, 0.2) is 11.4 Å². The number of nitrogens with zero attached hydrogens (tertiary/aromatic N) is 4. The molecule has 0 unspecified atom stereocenters. The largest absolute Gasteiger partial charge is 0.423 e. The molecule has 0 aliphatic rings. The van der Waals surface area contributed by atoms with E-state index in [9.17, 15) is 4.79 Å². The van der Waals surface area contributed by atoms with Gasteiger partial charge < -0.3 is 10.3 Å². The maximum atomic E-state index is 12.1. The third kappa shape index (κ3) is 3.93. The lowest BCUT2D eigenvalue weighted by molar-refractivity contribution is -0.113. The van der Waals surface area contributed by atoms with Crippen molar-refractivity contribution in [2.75, 3.05) is 16.9 Å². The van der Waals surface area contributed by atoms with E-state index in [1.807, 2.05) is 48.5 Å². The molecule has 1 amide bonds. The van der Waals surface area contributed by atoms with Gasteiger partial charge in [-0.05, 0) is 17.7 Å². The molecule has 8 nitrogen and oxygen atoms in total. The molecule has 0 saturated heterocycles. The number of hydrogen-bond acceptors (Lipinski definition) is 7. The highest BCUT2D eigenvalue weighted by atomic mass is 32.2. The Kier molecular flexibility index (Phi) is 4.75. The Labute approximate surface area is 158 Å². The van der Waals surface area contributed by atoms with Gasteiger partial charge >= 0.3 is 6.01 Å². The first kappa shape index (κ1) is 17.1. The minimum atomic E-state index is -0.265. The molecule has 0 bridgehead atoms. The van der Waals surface area contributed by atoms with Crippen molar-refractivity contribution >= 4 is 34.8 Å². The Hall–Kier alpha value is -3.33. The number of anilines is 1. The lowest BCUT2D eigenvalue weighted by Crippen LogP contribution is -2.17. The standard InChI is InChI=1S/C18H16N6O2S/c19-24-15(10-12-6-2-1-3-7-12)22-23-18(24)27-11-16(25)21-17-20-13-8-4-5-9-14(13)26-17/h1-9H,10-11,19H2,(H,20,21,25). The number of oxazole rings is 1. The van der Waals surface area contributed by atoms with Crippen molar-refractivity contribution in [1.82, 2.24) is 19.9 Å². The molecule has 3 N–H and O–H groups in total. The smallest absolute Gasteiger partial charge is 0.302 e. The van der Waals surface area contributed by atoms with Crippen LogP contribution in [0.5, 0.6) is 0 Å². The van der Waals surface area contributed by atoms with Crippen molar-refractivity contribution in [1.29, 1.82) is 0 Å². The van der Waals surface area contributed by atoms with E-state index in [0.29, 0.717) is 28.5 Å². The second-order valence-electron chi connectivity index (χ2n) is 5.75. The molecule has 2 heterocycles. The molecule has 0 atom stereocenters. The third-order valence-corrected chi connectivity index (χ3v) is 4.76. The number of amides is 1. The Morgan fingerprint density at radius 1 is 1.11 bits per heavy atom. The van der Waals surface area contributed by atoms with Gasteiger partial charge in [-0.3, -0.25) is 10.1 Å². The Morgan fingerprint density at radius 3 is 2.70 bits per heavy atom. The van der Waals surface area contributed by atoms with Crippen LogP contribution in [0.1, 0.15) is 11.4 Å². The summed E-state index contributed by atoms with van der Waals surface area (Å²) < 4.78 is 6.88. The van der Waals surface area contributed by atoms with Crippen LogP contribution < -0.4 is 11.2 Å². The number of nitrogens with two attached hydrogens (primary N) is 1. The molecule has 2 aromatic carbocycles. The molecule has 136 valence electrons. The van der Waals surface area contributed by atoms with Gasteiger partial charge in [-0.25, -0.2) is 4.68 Å². The first-order valence-corrected chi connectivity index (χ1v) is 9.19. The minimum Gasteiger partial charge on any atom is -0.423 e. The summed E-state index contributed by atoms with van der Waals surface area (Å²) in [6.45, 7) is 0. The summed E-state index contributed by atoms with van der Waals surface area (Å²) in [5.41, 5.74) is 2.39. The molecule has 4 aromatic rings. The summed E-state index contributed by atoms with van der Waals surface area (Å²) in [6, 6.07) is 17.3. The van der Waals surface area contributed by atoms with E-state index in [2.05, 4.69) is 20.5 Å². The fourth-order valence-electron chi connectivity index (χ4n) is 2.52. The number of para-hydroxylation sites is 2. The number of rotatable bonds is 6. The Morgan fingerprint density at radius 2 is 1.89 bits per heavy atom. The van der Waals surface area contributed by atoms with Crippen molar-refractivity contribution in [2.45, 2.75) is 11.6 Å². The summed E-state index contributed by atoms with van der Waals surface area (Å²) >= 11 is 1.20. The average Bonchev–Trinajstić information content (AvgIpc) is 3.24. The third-order valence-electron chi connectivity index (χ3n) is 3.81. The molecule has 0 aliphatic heterocycles. The van der Waals surface area contributed by atoms with Crippen LogP contribution in [0.3, 0.4) is 0 Å². The van der Waals surface area contributed by atoms with Crippen LogP contribution in [0.4, 0.5) is 6.01 Å². The normalized spacial score (nSPS) is 11.0. The molecule has 0 saturated carbocycles. The molecule has 9 heteroatoms. The number of benzene rings is 2. The highest BCUT2D eigenvalue weighted by molar-refractivity contribution is 7.99. The molecule has 27 heavy (non-hydrogen) atoms. The van der Waals surface area contributed by atoms with Gasteiger partial charge in [0, 0.05) is 6.42 Å². The summed E-state index contributed by atoms with van der Waals surface area (Å²) in [6.07, 6.45) is 0.569. The zero-order chi connectivity index (χ0) is 18.6. The van der Waals surface area contributed by atoms with Crippen molar-refractivity contribution in [3.63, 3.8) is 0 Å². The predicted molar refractivity (Wildman–Crippen MR) is 103 cm³/mol. The Balaban J connectivity index is 1.36. The topological polar surface area (TPSA) is 112 Å². The number of carbonyl (C=O) groups excluding carboxylic acids is 1. The highest BCUT2D eigenvalue weighted by Crippen LogP contribution is 2.20. The van der Waals surface area contributed by atoms with Crippen LogP contribution in [-0.4, -0.2) is 31.5 Å². The molecule has 0 fully saturated rings. The van der Waals surface area contributed by atoms with Crippen molar-refractivity contribution in [3.05, 3.63) is 66.0 Å². The van der Waals surface area contributed by atoms with Gasteiger partial charge in [-0.15, -0.1) is 10.2 Å². The van der Waals surface area contributed by atoms with Gasteiger partial charge in [0.05, 0.1) is 5.75 Å². The average molecular weight is 380 g/mol. The van der Waals surface area contributed by atoms with E-state index >= 15 is 0 Å². The van der Waals surface area contributed by atoms with Crippen molar-refractivity contribution in [2.24, 2.45) is 0 Å². The summed E-state index contributed by atoms with van der Waals surface area (Å²) in [4.78, 5) is 16.4. The number of thioether (sulfide) groups is 1. The zero-order valence-corrected chi connectivity index (χ0v) is 15.0. The lowest BCUT2D eigenvalue weighted by Gasteiger charge is -2.04. The fourth-order valence-corrected chi connectivity index (χ4v) is 3.19. The van der Waals surface area contributed by atoms with Gasteiger partial charge in [0.2, 0.25) is 11.1 Å². The molecule has 2 aromatic heterocycles. The van der Waals surface area contributed by atoms with E-state index in [0.717, 1.165) is 5.56 Å². The van der Waals surface area contributed by atoms with Crippen LogP contribution >= 0.6 is 11.8 Å². The molecule has 0 aliphatic carbocycles. The number of nitrogen functional groups attached to an aromatic ring is 1. The van der Waals surface area contributed by atoms with Crippen LogP contribution in [0.25, 0.3) is 11.1 Å². The van der Waals surface area contributed by atoms with Crippen LogP contribution in [-0.2, 0) is 11.2 Å². The monoisotopic (exact) mass is 380 g/mol. The van der Waals surface area contributed by atoms with Gasteiger partial charge in [0.25, 0.3) is 0 Å². The number of carbonyl (C=O) groups is 1. The van der Waals surface area contributed by atoms with Crippen LogP contribution in [0, 0.1) is 0 Å². The van der Waals surface area contributed by atoms with Crippen molar-refractivity contribution in [3.8, 4) is 0 Å². The highest BCUT2D eigenvalue weighted by Gasteiger charge is 2.14. The van der Waals surface area contributed by atoms with E-state index in [-0.39, 0.29) is 17.7 Å². The summed E-state index contributed by atoms with van der Waals surface area (Å²) in [5.74, 6) is 6.52. The minimum absolute atomic E-state index is 0.111. The number of aromatic nitrogens is 4. The van der Waals surface area contributed by atoms with Gasteiger partial charge in [0.1, 0.15) is 5.52 Å². The maximum Gasteiger partial charge on any atom is 0.302 e.